The first kappa shape index (κ1) is 22.2. The zero-order chi connectivity index (χ0) is 20.4. The maximum atomic E-state index is 12.7. The van der Waals surface area contributed by atoms with Crippen molar-refractivity contribution >= 4 is 18.3 Å². The van der Waals surface area contributed by atoms with E-state index in [0.29, 0.717) is 5.56 Å². The van der Waals surface area contributed by atoms with Gasteiger partial charge in [-0.2, -0.15) is 0 Å². The Bertz CT molecular complexity index is 888. The molecule has 2 aliphatic heterocycles. The van der Waals surface area contributed by atoms with Gasteiger partial charge >= 0.3 is 0 Å². The predicted molar refractivity (Wildman–Crippen MR) is 118 cm³/mol. The Balaban J connectivity index is 0.00000256. The van der Waals surface area contributed by atoms with Crippen LogP contribution in [-0.2, 0) is 6.42 Å². The van der Waals surface area contributed by atoms with Crippen molar-refractivity contribution < 1.29 is 19.0 Å². The zero-order valence-corrected chi connectivity index (χ0v) is 18.5. The number of rotatable bonds is 5. The smallest absolute Gasteiger partial charge is 0.251 e. The Labute approximate surface area is 183 Å². The lowest BCUT2D eigenvalue weighted by atomic mass is 9.84. The monoisotopic (exact) mass is 432 g/mol. The van der Waals surface area contributed by atoms with Crippen LogP contribution in [0.5, 0.6) is 17.2 Å². The number of halogens is 1. The lowest BCUT2D eigenvalue weighted by Crippen LogP contribution is -2.48. The number of fused-ring (bicyclic) bond motifs is 3. The summed E-state index contributed by atoms with van der Waals surface area (Å²) in [7, 11) is 4.96. The van der Waals surface area contributed by atoms with Gasteiger partial charge in [0.25, 0.3) is 5.91 Å². The molecule has 0 saturated carbocycles. The van der Waals surface area contributed by atoms with Gasteiger partial charge in [0.2, 0.25) is 0 Å². The number of methoxy groups -OCH3 is 3. The van der Waals surface area contributed by atoms with E-state index in [1.54, 1.807) is 33.5 Å². The van der Waals surface area contributed by atoms with Gasteiger partial charge in [-0.25, -0.2) is 0 Å². The number of piperidine rings is 1. The molecule has 4 rings (SSSR count). The van der Waals surface area contributed by atoms with E-state index in [2.05, 4.69) is 22.3 Å². The second kappa shape index (κ2) is 9.58. The molecule has 2 aromatic rings. The molecule has 0 bridgehead atoms. The van der Waals surface area contributed by atoms with E-state index in [0.717, 1.165) is 49.6 Å². The van der Waals surface area contributed by atoms with Crippen LogP contribution < -0.4 is 19.5 Å². The van der Waals surface area contributed by atoms with E-state index < -0.39 is 0 Å². The summed E-state index contributed by atoms with van der Waals surface area (Å²) < 4.78 is 16.2. The van der Waals surface area contributed by atoms with E-state index in [9.17, 15) is 4.79 Å². The lowest BCUT2D eigenvalue weighted by molar-refractivity contribution is 0.0843. The summed E-state index contributed by atoms with van der Waals surface area (Å²) in [5, 5.41) is 3.23. The van der Waals surface area contributed by atoms with Gasteiger partial charge in [-0.3, -0.25) is 9.69 Å². The first-order chi connectivity index (χ1) is 14.1. The van der Waals surface area contributed by atoms with Crippen LogP contribution in [0.2, 0.25) is 0 Å². The minimum Gasteiger partial charge on any atom is -0.497 e. The number of ether oxygens (including phenoxy) is 3. The average molecular weight is 433 g/mol. The predicted octanol–water partition coefficient (Wildman–Crippen LogP) is 3.63. The number of hydrogen-bond donors (Lipinski definition) is 1. The molecule has 162 valence electrons. The molecule has 7 heteroatoms. The van der Waals surface area contributed by atoms with Crippen LogP contribution in [0.4, 0.5) is 0 Å². The van der Waals surface area contributed by atoms with Crippen LogP contribution in [0.3, 0.4) is 0 Å². The molecular weight excluding hydrogens is 404 g/mol. The highest BCUT2D eigenvalue weighted by atomic mass is 35.5. The third kappa shape index (κ3) is 4.35. The molecule has 0 aliphatic carbocycles. The molecule has 0 radical (unpaired) electrons. The summed E-state index contributed by atoms with van der Waals surface area (Å²) in [5.41, 5.74) is 3.26. The second-order valence-corrected chi connectivity index (χ2v) is 7.63. The number of carbonyl (C=O) groups excluding carboxylic acids is 1. The van der Waals surface area contributed by atoms with Crippen molar-refractivity contribution in [1.29, 1.82) is 0 Å². The van der Waals surface area contributed by atoms with Crippen LogP contribution in [0.25, 0.3) is 0 Å². The first-order valence-electron chi connectivity index (χ1n) is 10.1. The van der Waals surface area contributed by atoms with Crippen LogP contribution in [0.1, 0.15) is 40.4 Å². The van der Waals surface area contributed by atoms with Gasteiger partial charge in [-0.1, -0.05) is 0 Å². The molecule has 2 unspecified atom stereocenters. The maximum Gasteiger partial charge on any atom is 0.251 e. The average Bonchev–Trinajstić information content (AvgIpc) is 2.77. The Hall–Kier alpha value is -2.44. The van der Waals surface area contributed by atoms with Crippen molar-refractivity contribution in [3.05, 3.63) is 53.1 Å². The van der Waals surface area contributed by atoms with Crippen LogP contribution in [0.15, 0.2) is 36.4 Å². The van der Waals surface area contributed by atoms with Gasteiger partial charge in [-0.15, -0.1) is 12.4 Å². The third-order valence-electron chi connectivity index (χ3n) is 6.07. The molecule has 0 aromatic heterocycles. The second-order valence-electron chi connectivity index (χ2n) is 7.63. The first-order valence-corrected chi connectivity index (χ1v) is 10.1. The van der Waals surface area contributed by atoms with E-state index in [1.165, 1.54) is 11.1 Å². The molecule has 2 heterocycles. The summed E-state index contributed by atoms with van der Waals surface area (Å²) >= 11 is 0. The van der Waals surface area contributed by atoms with Crippen molar-refractivity contribution in [3.63, 3.8) is 0 Å². The lowest BCUT2D eigenvalue weighted by Gasteiger charge is -2.43. The largest absolute Gasteiger partial charge is 0.497 e. The fourth-order valence-electron chi connectivity index (χ4n) is 4.48. The topological polar surface area (TPSA) is 60.0 Å². The molecule has 30 heavy (non-hydrogen) atoms. The summed E-state index contributed by atoms with van der Waals surface area (Å²) in [6.45, 7) is 2.01. The summed E-state index contributed by atoms with van der Waals surface area (Å²) in [6.07, 6.45) is 2.86. The normalized spacial score (nSPS) is 20.2. The van der Waals surface area contributed by atoms with Crippen molar-refractivity contribution in [2.24, 2.45) is 0 Å². The van der Waals surface area contributed by atoms with Crippen molar-refractivity contribution in [2.45, 2.75) is 31.3 Å². The van der Waals surface area contributed by atoms with Crippen molar-refractivity contribution in [3.8, 4) is 17.2 Å². The molecule has 6 nitrogen and oxygen atoms in total. The highest BCUT2D eigenvalue weighted by Crippen LogP contribution is 2.41. The van der Waals surface area contributed by atoms with E-state index in [1.807, 2.05) is 12.1 Å². The fraction of sp³-hybridized carbons (Fsp3) is 0.435. The number of hydrogen-bond acceptors (Lipinski definition) is 5. The van der Waals surface area contributed by atoms with Crippen LogP contribution >= 0.6 is 12.4 Å². The van der Waals surface area contributed by atoms with Gasteiger partial charge in [0.15, 0.2) is 11.5 Å². The van der Waals surface area contributed by atoms with Gasteiger partial charge in [-0.05, 0) is 66.8 Å². The summed E-state index contributed by atoms with van der Waals surface area (Å²) in [4.78, 5) is 15.2. The Morgan fingerprint density at radius 2 is 1.70 bits per heavy atom. The third-order valence-corrected chi connectivity index (χ3v) is 6.07. The maximum absolute atomic E-state index is 12.7. The number of amides is 1. The molecular formula is C23H29ClN2O4. The molecule has 1 fully saturated rings. The highest BCUT2D eigenvalue weighted by Gasteiger charge is 2.35. The van der Waals surface area contributed by atoms with E-state index >= 15 is 0 Å². The Morgan fingerprint density at radius 1 is 1.00 bits per heavy atom. The molecule has 0 spiro atoms. The molecule has 2 atom stereocenters. The molecule has 2 aromatic carbocycles. The minimum absolute atomic E-state index is 0. The number of carbonyl (C=O) groups is 1. The zero-order valence-electron chi connectivity index (χ0n) is 17.6. The SMILES string of the molecule is COc1ccc(C(=O)NC2CCN3CCc4cc(OC)c(OC)cc4C3C2)cc1.Cl. The number of nitrogens with one attached hydrogen (secondary N) is 1. The molecule has 1 amide bonds. The van der Waals surface area contributed by atoms with Gasteiger partial charge in [0.05, 0.1) is 21.3 Å². The standard InChI is InChI=1S/C23H28N2O4.ClH/c1-27-18-6-4-15(5-7-18)23(26)24-17-9-11-25-10-8-16-12-21(28-2)22(29-3)14-19(16)20(25)13-17;/h4-7,12,14,17,20H,8-11,13H2,1-3H3,(H,24,26);1H. The van der Waals surface area contributed by atoms with E-state index in [4.69, 9.17) is 14.2 Å². The van der Waals surface area contributed by atoms with Gasteiger partial charge in [0.1, 0.15) is 5.75 Å². The Kier molecular flexibility index (Phi) is 7.10. The number of nitrogens with zero attached hydrogens (tertiary/aromatic N) is 1. The van der Waals surface area contributed by atoms with Crippen LogP contribution in [-0.4, -0.2) is 51.3 Å². The molecule has 1 N–H and O–H groups in total. The minimum atomic E-state index is -0.0329. The van der Waals surface area contributed by atoms with Gasteiger partial charge < -0.3 is 19.5 Å². The summed E-state index contributed by atoms with van der Waals surface area (Å²) in [5.74, 6) is 2.25. The van der Waals surface area contributed by atoms with Crippen molar-refractivity contribution in [1.82, 2.24) is 10.2 Å². The molecule has 2 aliphatic rings. The van der Waals surface area contributed by atoms with Crippen molar-refractivity contribution in [2.75, 3.05) is 34.4 Å². The fourth-order valence-corrected chi connectivity index (χ4v) is 4.48. The van der Waals surface area contributed by atoms with E-state index in [-0.39, 0.29) is 30.4 Å². The highest BCUT2D eigenvalue weighted by molar-refractivity contribution is 5.94. The number of benzene rings is 2. The summed E-state index contributed by atoms with van der Waals surface area (Å²) in [6, 6.07) is 11.9. The van der Waals surface area contributed by atoms with Crippen LogP contribution in [0, 0.1) is 0 Å². The quantitative estimate of drug-likeness (QED) is 0.781. The van der Waals surface area contributed by atoms with Gasteiger partial charge in [0, 0.05) is 30.7 Å². The Morgan fingerprint density at radius 3 is 2.37 bits per heavy atom. The molecule has 1 saturated heterocycles.